The molecule has 2 aromatic rings. The molecule has 0 saturated heterocycles. The van der Waals surface area contributed by atoms with Crippen molar-refractivity contribution in [2.24, 2.45) is 0 Å². The molecular formula is C15H12BrF2NO. The Bertz CT molecular complexity index is 646. The summed E-state index contributed by atoms with van der Waals surface area (Å²) in [5, 5.41) is 0. The first-order chi connectivity index (χ1) is 9.54. The maximum Gasteiger partial charge on any atom is 0.258 e. The van der Waals surface area contributed by atoms with Crippen LogP contribution in [0.1, 0.15) is 17.3 Å². The van der Waals surface area contributed by atoms with Gasteiger partial charge in [-0.25, -0.2) is 8.78 Å². The lowest BCUT2D eigenvalue weighted by molar-refractivity contribution is 0.0987. The minimum absolute atomic E-state index is 0.177. The smallest absolute Gasteiger partial charge is 0.258 e. The Kier molecular flexibility index (Phi) is 4.49. The molecule has 1 amide bonds. The summed E-state index contributed by atoms with van der Waals surface area (Å²) < 4.78 is 27.5. The number of amides is 1. The van der Waals surface area contributed by atoms with Gasteiger partial charge in [0.2, 0.25) is 0 Å². The van der Waals surface area contributed by atoms with Crippen molar-refractivity contribution in [2.75, 3.05) is 11.4 Å². The summed E-state index contributed by atoms with van der Waals surface area (Å²) >= 11 is 3.03. The molecule has 0 radical (unpaired) electrons. The Labute approximate surface area is 124 Å². The molecule has 0 fully saturated rings. The molecule has 5 heteroatoms. The fourth-order valence-electron chi connectivity index (χ4n) is 1.88. The SMILES string of the molecule is CCN(C(=O)c1ccc(Br)c(F)c1)c1ccccc1F. The summed E-state index contributed by atoms with van der Waals surface area (Å²) in [6.07, 6.45) is 0. The van der Waals surface area contributed by atoms with Crippen LogP contribution in [-0.4, -0.2) is 12.5 Å². The fourth-order valence-corrected chi connectivity index (χ4v) is 2.13. The summed E-state index contributed by atoms with van der Waals surface area (Å²) in [6.45, 7) is 2.02. The first-order valence-corrected chi connectivity index (χ1v) is 6.85. The zero-order valence-corrected chi connectivity index (χ0v) is 12.3. The zero-order valence-electron chi connectivity index (χ0n) is 10.7. The van der Waals surface area contributed by atoms with Crippen molar-refractivity contribution < 1.29 is 13.6 Å². The summed E-state index contributed by atoms with van der Waals surface area (Å²) in [6, 6.07) is 10.1. The number of hydrogen-bond acceptors (Lipinski definition) is 1. The maximum absolute atomic E-state index is 13.8. The number of para-hydroxylation sites is 1. The number of rotatable bonds is 3. The van der Waals surface area contributed by atoms with Gasteiger partial charge in [0.1, 0.15) is 11.6 Å². The maximum atomic E-state index is 13.8. The van der Waals surface area contributed by atoms with Gasteiger partial charge in [-0.3, -0.25) is 4.79 Å². The monoisotopic (exact) mass is 339 g/mol. The van der Waals surface area contributed by atoms with Crippen LogP contribution in [0, 0.1) is 11.6 Å². The average Bonchev–Trinajstić information content (AvgIpc) is 2.44. The number of benzene rings is 2. The van der Waals surface area contributed by atoms with Gasteiger partial charge in [-0.05, 0) is 53.2 Å². The predicted octanol–water partition coefficient (Wildman–Crippen LogP) is 4.39. The Morgan fingerprint density at radius 1 is 1.15 bits per heavy atom. The Hall–Kier alpha value is -1.75. The first kappa shape index (κ1) is 14.7. The van der Waals surface area contributed by atoms with Crippen LogP contribution in [0.5, 0.6) is 0 Å². The number of halogens is 3. The van der Waals surface area contributed by atoms with Crippen molar-refractivity contribution in [2.45, 2.75) is 6.92 Å². The number of carbonyl (C=O) groups is 1. The summed E-state index contributed by atoms with van der Waals surface area (Å²) in [5.74, 6) is -1.45. The van der Waals surface area contributed by atoms with Gasteiger partial charge in [0.25, 0.3) is 5.91 Å². The van der Waals surface area contributed by atoms with E-state index in [0.717, 1.165) is 6.07 Å². The Balaban J connectivity index is 2.39. The van der Waals surface area contributed by atoms with E-state index in [9.17, 15) is 13.6 Å². The third-order valence-electron chi connectivity index (χ3n) is 2.87. The molecule has 20 heavy (non-hydrogen) atoms. The first-order valence-electron chi connectivity index (χ1n) is 6.06. The molecule has 0 aromatic heterocycles. The van der Waals surface area contributed by atoms with Gasteiger partial charge < -0.3 is 4.90 Å². The summed E-state index contributed by atoms with van der Waals surface area (Å²) in [7, 11) is 0. The Morgan fingerprint density at radius 3 is 2.45 bits per heavy atom. The minimum atomic E-state index is -0.527. The number of hydrogen-bond donors (Lipinski definition) is 0. The van der Waals surface area contributed by atoms with Crippen LogP contribution >= 0.6 is 15.9 Å². The third-order valence-corrected chi connectivity index (χ3v) is 3.51. The van der Waals surface area contributed by atoms with E-state index in [1.165, 1.54) is 29.2 Å². The number of nitrogens with zero attached hydrogens (tertiary/aromatic N) is 1. The molecule has 2 aromatic carbocycles. The van der Waals surface area contributed by atoms with Gasteiger partial charge in [-0.15, -0.1) is 0 Å². The van der Waals surface area contributed by atoms with E-state index in [4.69, 9.17) is 0 Å². The lowest BCUT2D eigenvalue weighted by Crippen LogP contribution is -2.31. The van der Waals surface area contributed by atoms with E-state index >= 15 is 0 Å². The van der Waals surface area contributed by atoms with Crippen LogP contribution in [0.15, 0.2) is 46.9 Å². The van der Waals surface area contributed by atoms with E-state index in [1.54, 1.807) is 19.1 Å². The molecule has 2 nitrogen and oxygen atoms in total. The quantitative estimate of drug-likeness (QED) is 0.811. The molecule has 2 rings (SSSR count). The molecule has 104 valence electrons. The van der Waals surface area contributed by atoms with Gasteiger partial charge in [0.15, 0.2) is 0 Å². The van der Waals surface area contributed by atoms with Crippen molar-refractivity contribution in [1.29, 1.82) is 0 Å². The van der Waals surface area contributed by atoms with E-state index in [1.807, 2.05) is 0 Å². The second kappa shape index (κ2) is 6.13. The van der Waals surface area contributed by atoms with Crippen molar-refractivity contribution in [1.82, 2.24) is 0 Å². The van der Waals surface area contributed by atoms with Crippen LogP contribution < -0.4 is 4.90 Å². The number of anilines is 1. The molecule has 0 saturated carbocycles. The van der Waals surface area contributed by atoms with E-state index < -0.39 is 17.5 Å². The highest BCUT2D eigenvalue weighted by Crippen LogP contribution is 2.22. The highest BCUT2D eigenvalue weighted by atomic mass is 79.9. The molecule has 0 aliphatic carbocycles. The molecule has 0 bridgehead atoms. The van der Waals surface area contributed by atoms with Crippen LogP contribution in [0.2, 0.25) is 0 Å². The molecular weight excluding hydrogens is 328 g/mol. The van der Waals surface area contributed by atoms with Crippen LogP contribution in [-0.2, 0) is 0 Å². The highest BCUT2D eigenvalue weighted by Gasteiger charge is 2.19. The van der Waals surface area contributed by atoms with Crippen molar-refractivity contribution in [3.05, 3.63) is 64.1 Å². The fraction of sp³-hybridized carbons (Fsp3) is 0.133. The largest absolute Gasteiger partial charge is 0.306 e. The van der Waals surface area contributed by atoms with Gasteiger partial charge in [0, 0.05) is 12.1 Å². The second-order valence-corrected chi connectivity index (χ2v) is 4.98. The highest BCUT2D eigenvalue weighted by molar-refractivity contribution is 9.10. The van der Waals surface area contributed by atoms with Crippen molar-refractivity contribution in [3.8, 4) is 0 Å². The third kappa shape index (κ3) is 2.88. The standard InChI is InChI=1S/C15H12BrF2NO/c1-2-19(14-6-4-3-5-12(14)17)15(20)10-7-8-11(16)13(18)9-10/h3-9H,2H2,1H3. The number of carbonyl (C=O) groups excluding carboxylic acids is 1. The lowest BCUT2D eigenvalue weighted by atomic mass is 10.1. The van der Waals surface area contributed by atoms with Crippen molar-refractivity contribution >= 4 is 27.5 Å². The van der Waals surface area contributed by atoms with Crippen LogP contribution in [0.25, 0.3) is 0 Å². The lowest BCUT2D eigenvalue weighted by Gasteiger charge is -2.21. The second-order valence-electron chi connectivity index (χ2n) is 4.13. The normalized spacial score (nSPS) is 10.4. The van der Waals surface area contributed by atoms with E-state index in [0.29, 0.717) is 0 Å². The van der Waals surface area contributed by atoms with E-state index in [2.05, 4.69) is 15.9 Å². The van der Waals surface area contributed by atoms with Gasteiger partial charge in [-0.1, -0.05) is 12.1 Å². The minimum Gasteiger partial charge on any atom is -0.306 e. The molecule has 0 spiro atoms. The summed E-state index contributed by atoms with van der Waals surface area (Å²) in [5.41, 5.74) is 0.360. The van der Waals surface area contributed by atoms with Gasteiger partial charge >= 0.3 is 0 Å². The summed E-state index contributed by atoms with van der Waals surface area (Å²) in [4.78, 5) is 13.6. The van der Waals surface area contributed by atoms with Gasteiger partial charge in [-0.2, -0.15) is 0 Å². The molecule has 0 unspecified atom stereocenters. The van der Waals surface area contributed by atoms with Crippen LogP contribution in [0.4, 0.5) is 14.5 Å². The molecule has 0 aliphatic heterocycles. The Morgan fingerprint density at radius 2 is 1.85 bits per heavy atom. The molecule has 0 N–H and O–H groups in total. The van der Waals surface area contributed by atoms with E-state index in [-0.39, 0.29) is 22.3 Å². The average molecular weight is 340 g/mol. The molecule has 0 atom stereocenters. The molecule has 0 heterocycles. The topological polar surface area (TPSA) is 20.3 Å². The van der Waals surface area contributed by atoms with Crippen LogP contribution in [0.3, 0.4) is 0 Å². The molecule has 0 aliphatic rings. The predicted molar refractivity (Wildman–Crippen MR) is 77.9 cm³/mol. The zero-order chi connectivity index (χ0) is 14.7. The van der Waals surface area contributed by atoms with Gasteiger partial charge in [0.05, 0.1) is 10.2 Å². The van der Waals surface area contributed by atoms with Crippen molar-refractivity contribution in [3.63, 3.8) is 0 Å².